The first-order valence-corrected chi connectivity index (χ1v) is 3.29. The van der Waals surface area contributed by atoms with Gasteiger partial charge in [-0.05, 0) is 12.1 Å². The zero-order valence-electron chi connectivity index (χ0n) is 6.33. The van der Waals surface area contributed by atoms with Crippen LogP contribution >= 0.6 is 0 Å². The number of benzene rings is 1. The first-order valence-electron chi connectivity index (χ1n) is 3.29. The zero-order valence-corrected chi connectivity index (χ0v) is 6.33. The van der Waals surface area contributed by atoms with Crippen LogP contribution in [0.25, 0.3) is 0 Å². The highest BCUT2D eigenvalue weighted by atomic mass is 14.3. The second-order valence-electron chi connectivity index (χ2n) is 2.13. The van der Waals surface area contributed by atoms with E-state index in [9.17, 15) is 0 Å². The lowest BCUT2D eigenvalue weighted by Gasteiger charge is -1.96. The third kappa shape index (κ3) is 1.19. The van der Waals surface area contributed by atoms with Crippen molar-refractivity contribution < 1.29 is 0 Å². The Morgan fingerprint density at radius 2 is 1.75 bits per heavy atom. The highest BCUT2D eigenvalue weighted by Gasteiger charge is 2.03. The van der Waals surface area contributed by atoms with Crippen LogP contribution in [0.15, 0.2) is 24.8 Å². The molecule has 0 aliphatic rings. The molecule has 1 aromatic rings. The number of rotatable bonds is 1. The van der Waals surface area contributed by atoms with Crippen LogP contribution in [0.3, 0.4) is 0 Å². The molecule has 55 valence electrons. The molecule has 0 fully saturated rings. The topological polar surface area (TPSA) is 47.6 Å². The van der Waals surface area contributed by atoms with E-state index in [4.69, 9.17) is 10.5 Å². The van der Waals surface area contributed by atoms with Gasteiger partial charge >= 0.3 is 0 Å². The summed E-state index contributed by atoms with van der Waals surface area (Å²) < 4.78 is 0. The van der Waals surface area contributed by atoms with E-state index in [1.165, 1.54) is 0 Å². The van der Waals surface area contributed by atoms with Crippen LogP contribution in [-0.2, 0) is 0 Å². The zero-order chi connectivity index (χ0) is 8.97. The van der Waals surface area contributed by atoms with Gasteiger partial charge in [0.1, 0.15) is 12.1 Å². The van der Waals surface area contributed by atoms with Crippen LogP contribution in [0, 0.1) is 28.7 Å². The molecule has 2 nitrogen and oxygen atoms in total. The predicted molar refractivity (Wildman–Crippen MR) is 43.8 cm³/mol. The van der Waals surface area contributed by atoms with E-state index >= 15 is 0 Å². The van der Waals surface area contributed by atoms with Crippen molar-refractivity contribution in [3.05, 3.63) is 47.5 Å². The fourth-order valence-corrected chi connectivity index (χ4v) is 0.913. The van der Waals surface area contributed by atoms with Crippen molar-refractivity contribution in [2.45, 2.75) is 0 Å². The molecular formula is C10H5N2. The van der Waals surface area contributed by atoms with Crippen LogP contribution in [0.4, 0.5) is 0 Å². The van der Waals surface area contributed by atoms with Gasteiger partial charge in [-0.25, -0.2) is 0 Å². The molecule has 1 rings (SSSR count). The van der Waals surface area contributed by atoms with Gasteiger partial charge in [0, 0.05) is 5.56 Å². The molecule has 0 aliphatic carbocycles. The minimum absolute atomic E-state index is 0.343. The Bertz CT molecular complexity index is 391. The molecule has 0 saturated heterocycles. The van der Waals surface area contributed by atoms with Crippen LogP contribution in [0.5, 0.6) is 0 Å². The van der Waals surface area contributed by atoms with Crippen molar-refractivity contribution in [1.82, 2.24) is 0 Å². The Hall–Kier alpha value is -2.06. The SMILES string of the molecule is C=[C]c1cccc(C#N)c1C#N. The van der Waals surface area contributed by atoms with Crippen molar-refractivity contribution in [1.29, 1.82) is 10.5 Å². The van der Waals surface area contributed by atoms with Crippen LogP contribution < -0.4 is 0 Å². The van der Waals surface area contributed by atoms with Gasteiger partial charge in [0.05, 0.1) is 11.1 Å². The maximum Gasteiger partial charge on any atom is 0.101 e. The fraction of sp³-hybridized carbons (Fsp3) is 0. The van der Waals surface area contributed by atoms with Crippen LogP contribution in [0.2, 0.25) is 0 Å². The number of hydrogen-bond donors (Lipinski definition) is 0. The maximum absolute atomic E-state index is 8.69. The molecule has 0 unspecified atom stereocenters. The van der Waals surface area contributed by atoms with E-state index in [0.29, 0.717) is 16.7 Å². The molecule has 0 amide bonds. The van der Waals surface area contributed by atoms with Gasteiger partial charge in [-0.2, -0.15) is 10.5 Å². The Labute approximate surface area is 71.0 Å². The van der Waals surface area contributed by atoms with E-state index in [1.54, 1.807) is 18.2 Å². The minimum Gasteiger partial charge on any atom is -0.192 e. The van der Waals surface area contributed by atoms with Gasteiger partial charge in [0.25, 0.3) is 0 Å². The van der Waals surface area contributed by atoms with Gasteiger partial charge in [0.2, 0.25) is 0 Å². The first-order chi connectivity index (χ1) is 5.83. The molecule has 0 saturated carbocycles. The van der Waals surface area contributed by atoms with E-state index in [-0.39, 0.29) is 0 Å². The molecule has 2 heteroatoms. The highest BCUT2D eigenvalue weighted by Crippen LogP contribution is 2.12. The predicted octanol–water partition coefficient (Wildman–Crippen LogP) is 1.77. The smallest absolute Gasteiger partial charge is 0.101 e. The Balaban J connectivity index is 3.47. The van der Waals surface area contributed by atoms with E-state index in [0.717, 1.165) is 0 Å². The van der Waals surface area contributed by atoms with Crippen molar-refractivity contribution in [3.8, 4) is 12.1 Å². The molecule has 0 atom stereocenters. The number of nitriles is 2. The molecule has 0 N–H and O–H groups in total. The molecule has 0 heterocycles. The normalized spacial score (nSPS) is 8.17. The van der Waals surface area contributed by atoms with E-state index < -0.39 is 0 Å². The molecule has 0 spiro atoms. The summed E-state index contributed by atoms with van der Waals surface area (Å²) >= 11 is 0. The molecule has 0 bridgehead atoms. The molecule has 1 radical (unpaired) electrons. The summed E-state index contributed by atoms with van der Waals surface area (Å²) in [5.74, 6) is 0. The van der Waals surface area contributed by atoms with Gasteiger partial charge < -0.3 is 0 Å². The molecule has 1 aromatic carbocycles. The Kier molecular flexibility index (Phi) is 2.26. The summed E-state index contributed by atoms with van der Waals surface area (Å²) in [6.45, 7) is 3.43. The maximum atomic E-state index is 8.69. The summed E-state index contributed by atoms with van der Waals surface area (Å²) in [5, 5.41) is 17.3. The van der Waals surface area contributed by atoms with Crippen LogP contribution in [0.1, 0.15) is 16.7 Å². The van der Waals surface area contributed by atoms with Gasteiger partial charge in [0.15, 0.2) is 0 Å². The summed E-state index contributed by atoms with van der Waals surface area (Å²) in [6.07, 6.45) is 2.60. The molecular weight excluding hydrogens is 148 g/mol. The standard InChI is InChI=1S/C10H5N2/c1-2-8-4-3-5-9(6-11)10(8)7-12/h3-5H,1H2. The van der Waals surface area contributed by atoms with Crippen LogP contribution in [-0.4, -0.2) is 0 Å². The molecule has 0 aromatic heterocycles. The second kappa shape index (κ2) is 3.37. The lowest BCUT2D eigenvalue weighted by molar-refractivity contribution is 1.40. The van der Waals surface area contributed by atoms with E-state index in [2.05, 4.69) is 12.7 Å². The van der Waals surface area contributed by atoms with Crippen molar-refractivity contribution in [3.63, 3.8) is 0 Å². The summed E-state index contributed by atoms with van der Waals surface area (Å²) in [7, 11) is 0. The second-order valence-corrected chi connectivity index (χ2v) is 2.13. The Morgan fingerprint density at radius 1 is 1.08 bits per heavy atom. The average Bonchev–Trinajstić information content (AvgIpc) is 2.16. The lowest BCUT2D eigenvalue weighted by Crippen LogP contribution is -1.87. The monoisotopic (exact) mass is 153 g/mol. The first kappa shape index (κ1) is 8.04. The summed E-state index contributed by atoms with van der Waals surface area (Å²) in [6, 6.07) is 8.87. The minimum atomic E-state index is 0.343. The Morgan fingerprint density at radius 3 is 2.25 bits per heavy atom. The van der Waals surface area contributed by atoms with Crippen molar-refractivity contribution in [2.75, 3.05) is 0 Å². The van der Waals surface area contributed by atoms with E-state index in [1.807, 2.05) is 12.1 Å². The number of hydrogen-bond acceptors (Lipinski definition) is 2. The van der Waals surface area contributed by atoms with Gasteiger partial charge in [-0.3, -0.25) is 0 Å². The third-order valence-corrected chi connectivity index (χ3v) is 1.49. The lowest BCUT2D eigenvalue weighted by atomic mass is 10.0. The highest BCUT2D eigenvalue weighted by molar-refractivity contribution is 5.52. The quantitative estimate of drug-likeness (QED) is 0.617. The number of nitrogens with zero attached hydrogens (tertiary/aromatic N) is 2. The van der Waals surface area contributed by atoms with Crippen molar-refractivity contribution >= 4 is 0 Å². The van der Waals surface area contributed by atoms with Gasteiger partial charge in [-0.1, -0.05) is 18.7 Å². The van der Waals surface area contributed by atoms with Crippen molar-refractivity contribution in [2.24, 2.45) is 0 Å². The molecule has 12 heavy (non-hydrogen) atoms. The third-order valence-electron chi connectivity index (χ3n) is 1.49. The summed E-state index contributed by atoms with van der Waals surface area (Å²) in [4.78, 5) is 0. The summed E-state index contributed by atoms with van der Waals surface area (Å²) in [5.41, 5.74) is 1.29. The largest absolute Gasteiger partial charge is 0.192 e. The van der Waals surface area contributed by atoms with Gasteiger partial charge in [-0.15, -0.1) is 0 Å². The fourth-order valence-electron chi connectivity index (χ4n) is 0.913. The molecule has 0 aliphatic heterocycles. The average molecular weight is 153 g/mol.